The molecule has 0 radical (unpaired) electrons. The van der Waals surface area contributed by atoms with Crippen LogP contribution in [0.2, 0.25) is 0 Å². The van der Waals surface area contributed by atoms with Crippen LogP contribution >= 0.6 is 0 Å². The predicted octanol–water partition coefficient (Wildman–Crippen LogP) is 4.17. The van der Waals surface area contributed by atoms with Crippen molar-refractivity contribution in [2.24, 2.45) is 5.92 Å². The van der Waals surface area contributed by atoms with Crippen LogP contribution in [-0.2, 0) is 19.1 Å². The SMILES string of the molecule is CC(C)COC(=O)C1=C(Nc2ccc(F)cc2)O/C(=C\c2c[nH]c3ncccc23)C1=O. The molecule has 158 valence electrons. The highest BCUT2D eigenvalue weighted by molar-refractivity contribution is 6.26. The zero-order valence-corrected chi connectivity index (χ0v) is 16.9. The van der Waals surface area contributed by atoms with Crippen molar-refractivity contribution in [2.45, 2.75) is 13.8 Å². The number of anilines is 1. The van der Waals surface area contributed by atoms with Gasteiger partial charge in [-0.1, -0.05) is 13.8 Å². The lowest BCUT2D eigenvalue weighted by Gasteiger charge is -2.09. The highest BCUT2D eigenvalue weighted by atomic mass is 19.1. The van der Waals surface area contributed by atoms with Gasteiger partial charge in [-0.05, 0) is 48.4 Å². The van der Waals surface area contributed by atoms with E-state index in [-0.39, 0.29) is 29.7 Å². The fraction of sp³-hybridized carbons (Fsp3) is 0.174. The van der Waals surface area contributed by atoms with Gasteiger partial charge in [0.25, 0.3) is 0 Å². The summed E-state index contributed by atoms with van der Waals surface area (Å²) in [7, 11) is 0. The summed E-state index contributed by atoms with van der Waals surface area (Å²) < 4.78 is 24.2. The van der Waals surface area contributed by atoms with Crippen LogP contribution in [0.5, 0.6) is 0 Å². The van der Waals surface area contributed by atoms with Crippen LogP contribution in [0, 0.1) is 11.7 Å². The van der Waals surface area contributed by atoms with Gasteiger partial charge in [0.2, 0.25) is 11.7 Å². The van der Waals surface area contributed by atoms with Crippen LogP contribution in [-0.4, -0.2) is 28.3 Å². The average Bonchev–Trinajstić information content (AvgIpc) is 3.29. The number of ketones is 1. The molecule has 1 aliphatic heterocycles. The van der Waals surface area contributed by atoms with Crippen LogP contribution in [0.3, 0.4) is 0 Å². The fourth-order valence-electron chi connectivity index (χ4n) is 3.02. The van der Waals surface area contributed by atoms with Gasteiger partial charge in [-0.2, -0.15) is 0 Å². The number of aromatic amines is 1. The maximum absolute atomic E-state index is 13.2. The van der Waals surface area contributed by atoms with Crippen LogP contribution in [0.1, 0.15) is 19.4 Å². The summed E-state index contributed by atoms with van der Waals surface area (Å²) >= 11 is 0. The molecule has 4 rings (SSSR count). The molecule has 3 heterocycles. The Balaban J connectivity index is 1.67. The number of hydrogen-bond donors (Lipinski definition) is 2. The number of ether oxygens (including phenoxy) is 2. The van der Waals surface area contributed by atoms with E-state index in [0.29, 0.717) is 16.9 Å². The maximum Gasteiger partial charge on any atom is 0.347 e. The van der Waals surface area contributed by atoms with E-state index in [1.54, 1.807) is 18.5 Å². The van der Waals surface area contributed by atoms with E-state index in [2.05, 4.69) is 15.3 Å². The van der Waals surface area contributed by atoms with Crippen LogP contribution in [0.4, 0.5) is 10.1 Å². The van der Waals surface area contributed by atoms with Crippen LogP contribution < -0.4 is 5.32 Å². The Kier molecular flexibility index (Phi) is 5.53. The highest BCUT2D eigenvalue weighted by Gasteiger charge is 2.37. The number of hydrogen-bond acceptors (Lipinski definition) is 6. The first-order chi connectivity index (χ1) is 14.9. The van der Waals surface area contributed by atoms with Crippen molar-refractivity contribution in [3.05, 3.63) is 77.4 Å². The summed E-state index contributed by atoms with van der Waals surface area (Å²) in [6.45, 7) is 3.94. The van der Waals surface area contributed by atoms with Crippen molar-refractivity contribution in [1.82, 2.24) is 9.97 Å². The Labute approximate surface area is 177 Å². The third kappa shape index (κ3) is 4.32. The van der Waals surface area contributed by atoms with E-state index in [1.165, 1.54) is 30.3 Å². The monoisotopic (exact) mass is 421 g/mol. The number of nitrogens with one attached hydrogen (secondary N) is 2. The van der Waals surface area contributed by atoms with Gasteiger partial charge in [0.1, 0.15) is 11.5 Å². The summed E-state index contributed by atoms with van der Waals surface area (Å²) in [5.41, 5.74) is 1.56. The summed E-state index contributed by atoms with van der Waals surface area (Å²) in [5.74, 6) is -1.79. The first kappa shape index (κ1) is 20.3. The van der Waals surface area contributed by atoms with Crippen molar-refractivity contribution >= 4 is 34.5 Å². The van der Waals surface area contributed by atoms with Crippen molar-refractivity contribution in [1.29, 1.82) is 0 Å². The van der Waals surface area contributed by atoms with E-state index in [9.17, 15) is 14.0 Å². The van der Waals surface area contributed by atoms with Gasteiger partial charge in [0.05, 0.1) is 6.61 Å². The molecule has 7 nitrogen and oxygen atoms in total. The molecule has 31 heavy (non-hydrogen) atoms. The minimum Gasteiger partial charge on any atom is -0.462 e. The lowest BCUT2D eigenvalue weighted by molar-refractivity contribution is -0.141. The molecule has 0 bridgehead atoms. The molecule has 0 saturated carbocycles. The van der Waals surface area contributed by atoms with Gasteiger partial charge in [-0.3, -0.25) is 4.79 Å². The molecule has 1 aromatic carbocycles. The summed E-state index contributed by atoms with van der Waals surface area (Å²) in [6, 6.07) is 9.09. The number of carbonyl (C=O) groups is 2. The number of pyridine rings is 1. The largest absolute Gasteiger partial charge is 0.462 e. The third-order valence-electron chi connectivity index (χ3n) is 4.51. The molecule has 2 aromatic heterocycles. The van der Waals surface area contributed by atoms with Crippen molar-refractivity contribution in [3.8, 4) is 0 Å². The van der Waals surface area contributed by atoms with Gasteiger partial charge in [0, 0.05) is 29.0 Å². The lowest BCUT2D eigenvalue weighted by atomic mass is 10.1. The molecule has 0 atom stereocenters. The summed E-state index contributed by atoms with van der Waals surface area (Å²) in [5, 5.41) is 3.67. The molecule has 2 N–H and O–H groups in total. The third-order valence-corrected chi connectivity index (χ3v) is 4.51. The first-order valence-corrected chi connectivity index (χ1v) is 9.72. The Morgan fingerprint density at radius 2 is 2.06 bits per heavy atom. The van der Waals surface area contributed by atoms with Gasteiger partial charge in [-0.25, -0.2) is 14.2 Å². The van der Waals surface area contributed by atoms with Gasteiger partial charge in [0.15, 0.2) is 11.3 Å². The fourth-order valence-corrected chi connectivity index (χ4v) is 3.02. The van der Waals surface area contributed by atoms with E-state index in [1.807, 2.05) is 19.9 Å². The quantitative estimate of drug-likeness (QED) is 0.353. The van der Waals surface area contributed by atoms with E-state index in [4.69, 9.17) is 9.47 Å². The second-order valence-electron chi connectivity index (χ2n) is 7.41. The minimum absolute atomic E-state index is 0.0362. The highest BCUT2D eigenvalue weighted by Crippen LogP contribution is 2.30. The van der Waals surface area contributed by atoms with E-state index >= 15 is 0 Å². The van der Waals surface area contributed by atoms with E-state index < -0.39 is 17.6 Å². The molecular formula is C23H20FN3O4. The smallest absolute Gasteiger partial charge is 0.347 e. The molecule has 1 aliphatic rings. The predicted molar refractivity (Wildman–Crippen MR) is 113 cm³/mol. The maximum atomic E-state index is 13.2. The number of aromatic nitrogens is 2. The molecule has 0 aliphatic carbocycles. The van der Waals surface area contributed by atoms with Crippen LogP contribution in [0.15, 0.2) is 66.0 Å². The molecule has 3 aromatic rings. The Hall–Kier alpha value is -3.94. The Morgan fingerprint density at radius 3 is 2.81 bits per heavy atom. The zero-order valence-electron chi connectivity index (χ0n) is 16.9. The molecule has 0 unspecified atom stereocenters. The number of rotatable bonds is 6. The number of halogens is 1. The molecule has 0 saturated heterocycles. The Morgan fingerprint density at radius 1 is 1.29 bits per heavy atom. The summed E-state index contributed by atoms with van der Waals surface area (Å²) in [4.78, 5) is 32.9. The number of Topliss-reactive ketones (excluding diaryl/α,β-unsaturated/α-hetero) is 1. The zero-order chi connectivity index (χ0) is 22.0. The molecule has 8 heteroatoms. The number of nitrogens with zero attached hydrogens (tertiary/aromatic N) is 1. The molecular weight excluding hydrogens is 401 g/mol. The Bertz CT molecular complexity index is 1210. The molecule has 0 amide bonds. The summed E-state index contributed by atoms with van der Waals surface area (Å²) in [6.07, 6.45) is 4.89. The number of H-pyrrole nitrogens is 1. The number of allylic oxidation sites excluding steroid dienone is 1. The molecule has 0 spiro atoms. The number of carbonyl (C=O) groups excluding carboxylic acids is 2. The second kappa shape index (κ2) is 8.43. The number of esters is 1. The number of fused-ring (bicyclic) bond motifs is 1. The number of benzene rings is 1. The minimum atomic E-state index is -0.785. The van der Waals surface area contributed by atoms with E-state index in [0.717, 1.165) is 5.39 Å². The van der Waals surface area contributed by atoms with Crippen molar-refractivity contribution in [3.63, 3.8) is 0 Å². The van der Waals surface area contributed by atoms with Gasteiger partial charge in [-0.15, -0.1) is 0 Å². The van der Waals surface area contributed by atoms with Gasteiger partial charge < -0.3 is 19.8 Å². The van der Waals surface area contributed by atoms with Crippen LogP contribution in [0.25, 0.3) is 17.1 Å². The average molecular weight is 421 g/mol. The normalized spacial score (nSPS) is 15.1. The van der Waals surface area contributed by atoms with Crippen molar-refractivity contribution in [2.75, 3.05) is 11.9 Å². The first-order valence-electron chi connectivity index (χ1n) is 9.72. The standard InChI is InChI=1S/C23H20FN3O4/c1-13(2)12-30-23(29)19-20(28)18(10-14-11-26-21-17(14)4-3-9-25-21)31-22(19)27-16-7-5-15(24)6-8-16/h3-11,13,27H,12H2,1-2H3,(H,25,26)/b18-10-. The van der Waals surface area contributed by atoms with Gasteiger partial charge >= 0.3 is 5.97 Å². The molecule has 0 fully saturated rings. The lowest BCUT2D eigenvalue weighted by Crippen LogP contribution is -2.18. The topological polar surface area (TPSA) is 93.3 Å². The van der Waals surface area contributed by atoms with Crippen molar-refractivity contribution < 1.29 is 23.5 Å². The second-order valence-corrected chi connectivity index (χ2v) is 7.41.